The van der Waals surface area contributed by atoms with E-state index >= 15 is 0 Å². The second kappa shape index (κ2) is 8.01. The molecule has 0 saturated carbocycles. The standard InChI is InChI=1S/C23H29NO5/c1-7-29-22(26)19-13(2)24-16-11-23(3,4)12-17(25)21(16)20(19)15-9-8-14(27-5)10-18(15)28-6/h8-10,19-20H,7,11-12H2,1-6H3/t19?,20-/m0/s1. The van der Waals surface area contributed by atoms with Gasteiger partial charge in [-0.25, -0.2) is 0 Å². The first-order valence-corrected chi connectivity index (χ1v) is 9.92. The third-order valence-corrected chi connectivity index (χ3v) is 5.62. The first-order chi connectivity index (χ1) is 13.7. The molecule has 1 heterocycles. The fraction of sp³-hybridized carbons (Fsp3) is 0.522. The van der Waals surface area contributed by atoms with Crippen molar-refractivity contribution in [1.29, 1.82) is 0 Å². The molecule has 0 aromatic heterocycles. The van der Waals surface area contributed by atoms with Crippen LogP contribution in [0.25, 0.3) is 0 Å². The van der Waals surface area contributed by atoms with Crippen molar-refractivity contribution < 1.29 is 23.8 Å². The molecule has 0 saturated heterocycles. The fourth-order valence-electron chi connectivity index (χ4n) is 4.39. The third-order valence-electron chi connectivity index (χ3n) is 5.62. The molecule has 1 aromatic carbocycles. The van der Waals surface area contributed by atoms with Gasteiger partial charge in [0, 0.05) is 41.0 Å². The number of Topliss-reactive ketones (excluding diaryl/α,β-unsaturated/α-hetero) is 1. The number of carbonyl (C=O) groups excluding carboxylic acids is 2. The Bertz CT molecular complexity index is 897. The van der Waals surface area contributed by atoms with E-state index < -0.39 is 11.8 Å². The monoisotopic (exact) mass is 399 g/mol. The highest BCUT2D eigenvalue weighted by atomic mass is 16.5. The predicted octanol–water partition coefficient (Wildman–Crippen LogP) is 4.08. The van der Waals surface area contributed by atoms with Crippen LogP contribution in [0.3, 0.4) is 0 Å². The minimum absolute atomic E-state index is 0.0321. The van der Waals surface area contributed by atoms with E-state index in [1.807, 2.05) is 19.1 Å². The van der Waals surface area contributed by atoms with E-state index in [9.17, 15) is 9.59 Å². The van der Waals surface area contributed by atoms with Gasteiger partial charge in [-0.2, -0.15) is 0 Å². The molecule has 156 valence electrons. The normalized spacial score (nSPS) is 23.2. The molecule has 2 atom stereocenters. The van der Waals surface area contributed by atoms with Crippen LogP contribution in [0.1, 0.15) is 52.0 Å². The number of aliphatic imine (C=N–C) groups is 1. The lowest BCUT2D eigenvalue weighted by atomic mass is 9.66. The summed E-state index contributed by atoms with van der Waals surface area (Å²) in [7, 11) is 3.16. The summed E-state index contributed by atoms with van der Waals surface area (Å²) in [6.07, 6.45) is 1.11. The number of ether oxygens (including phenoxy) is 3. The minimum Gasteiger partial charge on any atom is -0.497 e. The zero-order valence-corrected chi connectivity index (χ0v) is 18.0. The maximum absolute atomic E-state index is 13.2. The number of esters is 1. The van der Waals surface area contributed by atoms with E-state index in [2.05, 4.69) is 13.8 Å². The lowest BCUT2D eigenvalue weighted by Crippen LogP contribution is -2.39. The lowest BCUT2D eigenvalue weighted by molar-refractivity contribution is -0.146. The number of ketones is 1. The van der Waals surface area contributed by atoms with Crippen molar-refractivity contribution >= 4 is 17.5 Å². The summed E-state index contributed by atoms with van der Waals surface area (Å²) >= 11 is 0. The molecule has 0 amide bonds. The summed E-state index contributed by atoms with van der Waals surface area (Å²) in [5.41, 5.74) is 2.64. The van der Waals surface area contributed by atoms with Gasteiger partial charge in [-0.3, -0.25) is 14.6 Å². The highest BCUT2D eigenvalue weighted by Crippen LogP contribution is 2.49. The van der Waals surface area contributed by atoms with E-state index in [1.165, 1.54) is 0 Å². The van der Waals surface area contributed by atoms with Crippen LogP contribution in [0.15, 0.2) is 34.5 Å². The van der Waals surface area contributed by atoms with Crippen LogP contribution in [0.5, 0.6) is 11.5 Å². The molecule has 1 unspecified atom stereocenters. The lowest BCUT2D eigenvalue weighted by Gasteiger charge is -2.39. The highest BCUT2D eigenvalue weighted by molar-refractivity contribution is 6.09. The Labute approximate surface area is 171 Å². The number of benzene rings is 1. The number of hydrogen-bond acceptors (Lipinski definition) is 6. The van der Waals surface area contributed by atoms with Crippen molar-refractivity contribution in [2.45, 2.75) is 46.5 Å². The van der Waals surface area contributed by atoms with Crippen molar-refractivity contribution in [3.05, 3.63) is 35.0 Å². The van der Waals surface area contributed by atoms with Crippen molar-refractivity contribution in [1.82, 2.24) is 0 Å². The third kappa shape index (κ3) is 3.93. The van der Waals surface area contributed by atoms with E-state index in [1.54, 1.807) is 27.2 Å². The van der Waals surface area contributed by atoms with Crippen LogP contribution in [0.4, 0.5) is 0 Å². The van der Waals surface area contributed by atoms with Gasteiger partial charge in [0.2, 0.25) is 0 Å². The van der Waals surface area contributed by atoms with Gasteiger partial charge in [-0.1, -0.05) is 19.9 Å². The van der Waals surface area contributed by atoms with Crippen LogP contribution in [0.2, 0.25) is 0 Å². The second-order valence-electron chi connectivity index (χ2n) is 8.37. The number of methoxy groups -OCH3 is 2. The Balaban J connectivity index is 2.22. The molecule has 0 fully saturated rings. The van der Waals surface area contributed by atoms with E-state index in [0.29, 0.717) is 35.6 Å². The molecule has 0 N–H and O–H groups in total. The van der Waals surface area contributed by atoms with Crippen molar-refractivity contribution in [3.63, 3.8) is 0 Å². The van der Waals surface area contributed by atoms with Gasteiger partial charge in [0.1, 0.15) is 17.4 Å². The molecule has 0 radical (unpaired) electrons. The number of nitrogens with zero attached hydrogens (tertiary/aromatic N) is 1. The van der Waals surface area contributed by atoms with Crippen LogP contribution in [-0.2, 0) is 14.3 Å². The van der Waals surface area contributed by atoms with E-state index in [-0.39, 0.29) is 23.8 Å². The Morgan fingerprint density at radius 3 is 2.55 bits per heavy atom. The molecule has 1 aliphatic carbocycles. The Hall–Kier alpha value is -2.63. The molecule has 6 nitrogen and oxygen atoms in total. The topological polar surface area (TPSA) is 74.2 Å². The highest BCUT2D eigenvalue weighted by Gasteiger charge is 2.46. The second-order valence-corrected chi connectivity index (χ2v) is 8.37. The van der Waals surface area contributed by atoms with Gasteiger partial charge in [0.05, 0.1) is 20.8 Å². The number of allylic oxidation sites excluding steroid dienone is 2. The van der Waals surface area contributed by atoms with Crippen molar-refractivity contribution in [3.8, 4) is 11.5 Å². The zero-order valence-electron chi connectivity index (χ0n) is 18.0. The molecule has 1 aliphatic heterocycles. The van der Waals surface area contributed by atoms with E-state index in [0.717, 1.165) is 11.3 Å². The molecule has 29 heavy (non-hydrogen) atoms. The maximum atomic E-state index is 13.2. The number of hydrogen-bond donors (Lipinski definition) is 0. The molecule has 0 bridgehead atoms. The fourth-order valence-corrected chi connectivity index (χ4v) is 4.39. The summed E-state index contributed by atoms with van der Waals surface area (Å²) in [5.74, 6) is -0.287. The van der Waals surface area contributed by atoms with Gasteiger partial charge < -0.3 is 14.2 Å². The summed E-state index contributed by atoms with van der Waals surface area (Å²) < 4.78 is 16.3. The average molecular weight is 399 g/mol. The van der Waals surface area contributed by atoms with Gasteiger partial charge >= 0.3 is 5.97 Å². The van der Waals surface area contributed by atoms with Crippen LogP contribution in [0, 0.1) is 11.3 Å². The van der Waals surface area contributed by atoms with Gasteiger partial charge in [0.25, 0.3) is 0 Å². The van der Waals surface area contributed by atoms with Gasteiger partial charge in [-0.05, 0) is 31.7 Å². The SMILES string of the molecule is CCOC(=O)C1C(C)=NC2=C(C(=O)CC(C)(C)C2)[C@H]1c1ccc(OC)cc1OC. The first kappa shape index (κ1) is 21.1. The largest absolute Gasteiger partial charge is 0.497 e. The Morgan fingerprint density at radius 2 is 1.93 bits per heavy atom. The van der Waals surface area contributed by atoms with Gasteiger partial charge in [-0.15, -0.1) is 0 Å². The Morgan fingerprint density at radius 1 is 1.21 bits per heavy atom. The molecule has 0 spiro atoms. The smallest absolute Gasteiger partial charge is 0.315 e. The van der Waals surface area contributed by atoms with Crippen LogP contribution < -0.4 is 9.47 Å². The van der Waals surface area contributed by atoms with Crippen LogP contribution >= 0.6 is 0 Å². The quantitative estimate of drug-likeness (QED) is 0.698. The zero-order chi connectivity index (χ0) is 21.3. The van der Waals surface area contributed by atoms with Crippen LogP contribution in [-0.4, -0.2) is 38.3 Å². The summed E-state index contributed by atoms with van der Waals surface area (Å²) in [5, 5.41) is 0. The average Bonchev–Trinajstić information content (AvgIpc) is 2.65. The van der Waals surface area contributed by atoms with Crippen molar-refractivity contribution in [2.75, 3.05) is 20.8 Å². The van der Waals surface area contributed by atoms with E-state index in [4.69, 9.17) is 19.2 Å². The summed E-state index contributed by atoms with van der Waals surface area (Å²) in [6, 6.07) is 5.46. The first-order valence-electron chi connectivity index (χ1n) is 9.92. The van der Waals surface area contributed by atoms with Crippen molar-refractivity contribution in [2.24, 2.45) is 16.3 Å². The maximum Gasteiger partial charge on any atom is 0.315 e. The summed E-state index contributed by atoms with van der Waals surface area (Å²) in [6.45, 7) is 8.01. The van der Waals surface area contributed by atoms with Gasteiger partial charge in [0.15, 0.2) is 5.78 Å². The molecular formula is C23H29NO5. The number of carbonyl (C=O) groups is 2. The molecule has 3 rings (SSSR count). The molecule has 6 heteroatoms. The Kier molecular flexibility index (Phi) is 5.82. The number of rotatable bonds is 5. The molecule has 1 aromatic rings. The minimum atomic E-state index is -0.666. The molecular weight excluding hydrogens is 370 g/mol. The molecule has 2 aliphatic rings. The summed E-state index contributed by atoms with van der Waals surface area (Å²) in [4.78, 5) is 30.9. The predicted molar refractivity (Wildman–Crippen MR) is 111 cm³/mol.